The van der Waals surface area contributed by atoms with Gasteiger partial charge in [-0.2, -0.15) is 5.10 Å². The van der Waals surface area contributed by atoms with Crippen molar-refractivity contribution < 1.29 is 4.74 Å². The maximum absolute atomic E-state index is 5.49. The molecule has 0 N–H and O–H groups in total. The lowest BCUT2D eigenvalue weighted by molar-refractivity contribution is 0.0422. The van der Waals surface area contributed by atoms with Crippen LogP contribution in [-0.4, -0.2) is 76.5 Å². The van der Waals surface area contributed by atoms with Crippen LogP contribution in [0.2, 0.25) is 0 Å². The molecule has 6 heteroatoms. The number of morpholine rings is 1. The molecule has 0 spiro atoms. The maximum Gasteiger partial charge on any atom is 0.0808 e. The number of likely N-dealkylation sites (tertiary alicyclic amines) is 1. The topological polar surface area (TPSA) is 46.4 Å². The molecule has 0 unspecified atom stereocenters. The van der Waals surface area contributed by atoms with Gasteiger partial charge in [0.1, 0.15) is 0 Å². The molecule has 3 aliphatic rings. The predicted molar refractivity (Wildman–Crippen MR) is 119 cm³/mol. The van der Waals surface area contributed by atoms with E-state index in [0.29, 0.717) is 12.1 Å². The minimum Gasteiger partial charge on any atom is -0.379 e. The van der Waals surface area contributed by atoms with Crippen LogP contribution < -0.4 is 0 Å². The Morgan fingerprint density at radius 1 is 1.13 bits per heavy atom. The van der Waals surface area contributed by atoms with Crippen LogP contribution in [0.15, 0.2) is 30.2 Å². The van der Waals surface area contributed by atoms with Crippen LogP contribution in [0, 0.1) is 0 Å². The zero-order valence-electron chi connectivity index (χ0n) is 18.3. The van der Waals surface area contributed by atoms with Gasteiger partial charge < -0.3 is 9.64 Å². The van der Waals surface area contributed by atoms with Crippen LogP contribution in [0.5, 0.6) is 0 Å². The molecule has 2 fully saturated rings. The molecular weight excluding hydrogens is 374 g/mol. The van der Waals surface area contributed by atoms with Crippen LogP contribution in [0.25, 0.3) is 17.3 Å². The number of pyridine rings is 1. The van der Waals surface area contributed by atoms with E-state index in [-0.39, 0.29) is 0 Å². The number of hydrogen-bond donors (Lipinski definition) is 0. The molecule has 160 valence electrons. The largest absolute Gasteiger partial charge is 0.379 e. The summed E-state index contributed by atoms with van der Waals surface area (Å²) in [6, 6.07) is 3.31. The van der Waals surface area contributed by atoms with Crippen LogP contribution in [-0.2, 0) is 11.2 Å². The minimum atomic E-state index is 0.498. The number of rotatable bonds is 5. The quantitative estimate of drug-likeness (QED) is 0.761. The van der Waals surface area contributed by atoms with Crippen molar-refractivity contribution in [3.8, 4) is 11.3 Å². The summed E-state index contributed by atoms with van der Waals surface area (Å²) in [6.07, 6.45) is 11.9. The number of piperidine rings is 1. The van der Waals surface area contributed by atoms with Gasteiger partial charge in [0.15, 0.2) is 0 Å². The fourth-order valence-electron chi connectivity index (χ4n) is 5.03. The first-order chi connectivity index (χ1) is 14.7. The highest BCUT2D eigenvalue weighted by molar-refractivity contribution is 5.77. The van der Waals surface area contributed by atoms with Crippen molar-refractivity contribution in [2.45, 2.75) is 45.2 Å². The second kappa shape index (κ2) is 8.61. The first-order valence-corrected chi connectivity index (χ1v) is 11.4. The van der Waals surface area contributed by atoms with E-state index in [2.05, 4.69) is 46.7 Å². The van der Waals surface area contributed by atoms with Gasteiger partial charge in [-0.05, 0) is 44.7 Å². The van der Waals surface area contributed by atoms with Crippen LogP contribution in [0.3, 0.4) is 0 Å². The average molecular weight is 408 g/mol. The summed E-state index contributed by atoms with van der Waals surface area (Å²) in [7, 11) is 0. The van der Waals surface area contributed by atoms with E-state index >= 15 is 0 Å². The van der Waals surface area contributed by atoms with Crippen LogP contribution in [0.4, 0.5) is 0 Å². The summed E-state index contributed by atoms with van der Waals surface area (Å²) < 4.78 is 7.67. The number of fused-ring (bicyclic) bond motifs is 1. The van der Waals surface area contributed by atoms with Gasteiger partial charge in [-0.15, -0.1) is 0 Å². The molecule has 0 radical (unpaired) electrons. The zero-order valence-corrected chi connectivity index (χ0v) is 18.3. The fourth-order valence-corrected chi connectivity index (χ4v) is 5.03. The highest BCUT2D eigenvalue weighted by Crippen LogP contribution is 2.33. The number of hydrogen-bond acceptors (Lipinski definition) is 5. The van der Waals surface area contributed by atoms with E-state index in [1.165, 1.54) is 29.5 Å². The van der Waals surface area contributed by atoms with Crippen molar-refractivity contribution in [1.29, 1.82) is 0 Å². The second-order valence-electron chi connectivity index (χ2n) is 9.17. The first kappa shape index (κ1) is 19.9. The lowest BCUT2D eigenvalue weighted by atomic mass is 10.0. The van der Waals surface area contributed by atoms with Gasteiger partial charge in [0.05, 0.1) is 31.1 Å². The minimum absolute atomic E-state index is 0.498. The van der Waals surface area contributed by atoms with E-state index in [9.17, 15) is 0 Å². The van der Waals surface area contributed by atoms with Crippen molar-refractivity contribution in [3.05, 3.63) is 41.4 Å². The van der Waals surface area contributed by atoms with E-state index in [0.717, 1.165) is 63.6 Å². The Labute approximate surface area is 179 Å². The van der Waals surface area contributed by atoms with Crippen molar-refractivity contribution in [2.75, 3.05) is 45.9 Å². The lowest BCUT2D eigenvalue weighted by Gasteiger charge is -2.34. The number of aromatic nitrogens is 3. The lowest BCUT2D eigenvalue weighted by Crippen LogP contribution is -2.39. The second-order valence-corrected chi connectivity index (χ2v) is 9.17. The van der Waals surface area contributed by atoms with Crippen LogP contribution >= 0.6 is 0 Å². The Balaban J connectivity index is 1.31. The summed E-state index contributed by atoms with van der Waals surface area (Å²) in [4.78, 5) is 9.81. The van der Waals surface area contributed by atoms with Gasteiger partial charge in [0.2, 0.25) is 0 Å². The SMILES string of the molecule is CC(C)N1CCC(n2cc(-c3nccc4c3C=C(CN3CCOCC3)C4)cn2)CC1. The third-order valence-electron chi connectivity index (χ3n) is 6.86. The molecule has 0 saturated carbocycles. The molecule has 30 heavy (non-hydrogen) atoms. The standard InChI is InChI=1S/C24H33N5O/c1-18(2)28-7-4-22(5-8-28)29-17-21(15-26-29)24-23-14-19(13-20(23)3-6-25-24)16-27-9-11-30-12-10-27/h3,6,14-15,17-18,22H,4-5,7-13,16H2,1-2H3. The molecule has 0 aromatic carbocycles. The van der Waals surface area contributed by atoms with Crippen molar-refractivity contribution in [3.63, 3.8) is 0 Å². The van der Waals surface area contributed by atoms with Gasteiger partial charge >= 0.3 is 0 Å². The highest BCUT2D eigenvalue weighted by atomic mass is 16.5. The van der Waals surface area contributed by atoms with Gasteiger partial charge in [-0.3, -0.25) is 14.6 Å². The van der Waals surface area contributed by atoms with Crippen molar-refractivity contribution in [1.82, 2.24) is 24.6 Å². The molecule has 1 aliphatic carbocycles. The average Bonchev–Trinajstić information content (AvgIpc) is 3.41. The first-order valence-electron chi connectivity index (χ1n) is 11.4. The molecule has 6 nitrogen and oxygen atoms in total. The number of nitrogens with zero attached hydrogens (tertiary/aromatic N) is 5. The monoisotopic (exact) mass is 407 g/mol. The van der Waals surface area contributed by atoms with E-state index in [4.69, 9.17) is 14.8 Å². The van der Waals surface area contributed by atoms with Crippen molar-refractivity contribution >= 4 is 6.08 Å². The Kier molecular flexibility index (Phi) is 5.72. The summed E-state index contributed by atoms with van der Waals surface area (Å²) >= 11 is 0. The predicted octanol–water partition coefficient (Wildman–Crippen LogP) is 3.26. The van der Waals surface area contributed by atoms with Crippen LogP contribution in [0.1, 0.15) is 43.9 Å². The molecule has 2 aromatic rings. The maximum atomic E-state index is 5.49. The molecular formula is C24H33N5O. The molecule has 2 aromatic heterocycles. The summed E-state index contributed by atoms with van der Waals surface area (Å²) in [6.45, 7) is 11.7. The Morgan fingerprint density at radius 2 is 1.93 bits per heavy atom. The molecule has 2 aliphatic heterocycles. The number of ether oxygens (including phenoxy) is 1. The van der Waals surface area contributed by atoms with Gasteiger partial charge in [-0.1, -0.05) is 11.6 Å². The molecule has 0 atom stereocenters. The highest BCUT2D eigenvalue weighted by Gasteiger charge is 2.24. The van der Waals surface area contributed by atoms with E-state index in [1.807, 2.05) is 12.4 Å². The Morgan fingerprint density at radius 3 is 2.70 bits per heavy atom. The Hall–Kier alpha value is -2.02. The Bertz CT molecular complexity index is 904. The van der Waals surface area contributed by atoms with Gasteiger partial charge in [-0.25, -0.2) is 0 Å². The van der Waals surface area contributed by atoms with Crippen molar-refractivity contribution in [2.24, 2.45) is 0 Å². The zero-order chi connectivity index (χ0) is 20.5. The third-order valence-corrected chi connectivity index (χ3v) is 6.86. The fraction of sp³-hybridized carbons (Fsp3) is 0.583. The molecule has 0 bridgehead atoms. The van der Waals surface area contributed by atoms with E-state index in [1.54, 1.807) is 0 Å². The summed E-state index contributed by atoms with van der Waals surface area (Å²) in [5, 5.41) is 4.74. The molecule has 0 amide bonds. The molecule has 4 heterocycles. The summed E-state index contributed by atoms with van der Waals surface area (Å²) in [5.74, 6) is 0. The summed E-state index contributed by atoms with van der Waals surface area (Å²) in [5.41, 5.74) is 6.38. The van der Waals surface area contributed by atoms with Gasteiger partial charge in [0, 0.05) is 62.3 Å². The third kappa shape index (κ3) is 4.09. The van der Waals surface area contributed by atoms with E-state index < -0.39 is 0 Å². The smallest absolute Gasteiger partial charge is 0.0808 e. The van der Waals surface area contributed by atoms with Gasteiger partial charge in [0.25, 0.3) is 0 Å². The normalized spacial score (nSPS) is 21.2. The molecule has 2 saturated heterocycles. The molecule has 5 rings (SSSR count).